The van der Waals surface area contributed by atoms with Crippen LogP contribution in [0.1, 0.15) is 63.9 Å². The molecule has 1 aliphatic heterocycles. The summed E-state index contributed by atoms with van der Waals surface area (Å²) in [6, 6.07) is 10.7. The smallest absolute Gasteiger partial charge is 0.263 e. The van der Waals surface area contributed by atoms with Crippen LogP contribution in [0.15, 0.2) is 30.3 Å². The van der Waals surface area contributed by atoms with Gasteiger partial charge in [0.2, 0.25) is 0 Å². The summed E-state index contributed by atoms with van der Waals surface area (Å²) < 4.78 is 28.8. The zero-order chi connectivity index (χ0) is 19.6. The lowest BCUT2D eigenvalue weighted by atomic mass is 9.38. The van der Waals surface area contributed by atoms with Crippen molar-refractivity contribution in [3.63, 3.8) is 0 Å². The van der Waals surface area contributed by atoms with E-state index in [0.29, 0.717) is 18.9 Å². The summed E-state index contributed by atoms with van der Waals surface area (Å²) in [5.74, 6) is -2.87. The summed E-state index contributed by atoms with van der Waals surface area (Å²) in [6.45, 7) is 2.65. The molecule has 0 radical (unpaired) electrons. The fraction of sp³-hybridized carbons (Fsp3) is 0.708. The Labute approximate surface area is 166 Å². The lowest BCUT2D eigenvalue weighted by molar-refractivity contribution is -0.163. The number of alkyl halides is 2. The molecule has 0 amide bonds. The molecule has 1 aromatic carbocycles. The Bertz CT molecular complexity index is 780. The Morgan fingerprint density at radius 3 is 2.61 bits per heavy atom. The maximum atomic E-state index is 14.4. The van der Waals surface area contributed by atoms with Gasteiger partial charge < -0.3 is 5.32 Å². The molecule has 1 aromatic rings. The Morgan fingerprint density at radius 1 is 1.11 bits per heavy atom. The van der Waals surface area contributed by atoms with Crippen LogP contribution in [0.3, 0.4) is 0 Å². The third-order valence-electron chi connectivity index (χ3n) is 8.38. The zero-order valence-corrected chi connectivity index (χ0v) is 16.8. The number of nitrogens with one attached hydrogen (secondary N) is 1. The quantitative estimate of drug-likeness (QED) is 0.777. The van der Waals surface area contributed by atoms with Crippen molar-refractivity contribution in [2.75, 3.05) is 13.1 Å². The van der Waals surface area contributed by atoms with E-state index in [-0.39, 0.29) is 35.0 Å². The lowest BCUT2D eigenvalue weighted by Crippen LogP contribution is -2.60. The monoisotopic (exact) mass is 387 g/mol. The topological polar surface area (TPSA) is 29.1 Å². The van der Waals surface area contributed by atoms with E-state index in [2.05, 4.69) is 36.5 Å². The number of hydrogen-bond acceptors (Lipinski definition) is 2. The van der Waals surface area contributed by atoms with Crippen LogP contribution in [0, 0.1) is 22.7 Å². The minimum atomic E-state index is -2.77. The number of hydrogen-bond donors (Lipinski definition) is 1. The minimum absolute atomic E-state index is 0.0573. The number of carbonyl (C=O) groups excluding carboxylic acids is 1. The van der Waals surface area contributed by atoms with Crippen LogP contribution < -0.4 is 5.32 Å². The molecule has 1 heterocycles. The van der Waals surface area contributed by atoms with Gasteiger partial charge in [-0.05, 0) is 73.8 Å². The van der Waals surface area contributed by atoms with E-state index >= 15 is 0 Å². The molecule has 0 spiro atoms. The van der Waals surface area contributed by atoms with Gasteiger partial charge in [0.1, 0.15) is 5.78 Å². The molecule has 3 unspecified atom stereocenters. The number of rotatable bonds is 4. The molecule has 5 atom stereocenters. The van der Waals surface area contributed by atoms with Crippen LogP contribution in [0.25, 0.3) is 0 Å². The average Bonchev–Trinajstić information content (AvgIpc) is 2.62. The predicted molar refractivity (Wildman–Crippen MR) is 105 cm³/mol. The molecule has 152 valence electrons. The van der Waals surface area contributed by atoms with Gasteiger partial charge in [0.05, 0.1) is 6.54 Å². The molecule has 4 saturated carbocycles. The highest BCUT2D eigenvalue weighted by Gasteiger charge is 2.64. The average molecular weight is 388 g/mol. The molecular formula is C24H31F2NO. The van der Waals surface area contributed by atoms with Crippen LogP contribution in [-0.2, 0) is 10.2 Å². The van der Waals surface area contributed by atoms with Gasteiger partial charge in [0.25, 0.3) is 5.92 Å². The van der Waals surface area contributed by atoms with Crippen molar-refractivity contribution in [1.29, 1.82) is 0 Å². The number of benzene rings is 1. The molecule has 4 bridgehead atoms. The van der Waals surface area contributed by atoms with Crippen LogP contribution in [0.2, 0.25) is 0 Å². The normalized spacial score (nSPS) is 43.8. The molecule has 2 nitrogen and oxygen atoms in total. The number of carbonyl (C=O) groups is 1. The fourth-order valence-corrected chi connectivity index (χ4v) is 7.92. The molecule has 1 saturated heterocycles. The summed E-state index contributed by atoms with van der Waals surface area (Å²) >= 11 is 0. The first-order chi connectivity index (χ1) is 13.2. The standard InChI is InChI=1S/C24H31F2NO/c1-21-10-17-11-22(13-21,18-5-3-2-4-6-18)15-23(12-17,14-21)20(28)9-19-7-8-27-16-24(19,25)26/h2-6,17,19,27H,7-16H2,1H3/t17?,19?,21-,22-,23?/m1/s1. The van der Waals surface area contributed by atoms with Gasteiger partial charge in [-0.15, -0.1) is 0 Å². The van der Waals surface area contributed by atoms with Gasteiger partial charge in [-0.3, -0.25) is 4.79 Å². The maximum absolute atomic E-state index is 14.4. The number of Topliss-reactive ketones (excluding diaryl/α,β-unsaturated/α-hetero) is 1. The van der Waals surface area contributed by atoms with Crippen molar-refractivity contribution in [2.45, 2.75) is 69.6 Å². The van der Waals surface area contributed by atoms with E-state index in [1.165, 1.54) is 12.0 Å². The van der Waals surface area contributed by atoms with Gasteiger partial charge in [-0.1, -0.05) is 37.3 Å². The first kappa shape index (κ1) is 18.7. The van der Waals surface area contributed by atoms with Crippen molar-refractivity contribution in [3.05, 3.63) is 35.9 Å². The highest BCUT2D eigenvalue weighted by Crippen LogP contribution is 2.70. The number of ketones is 1. The van der Waals surface area contributed by atoms with E-state index in [1.54, 1.807) is 0 Å². The first-order valence-electron chi connectivity index (χ1n) is 10.9. The van der Waals surface area contributed by atoms with Crippen molar-refractivity contribution >= 4 is 5.78 Å². The highest BCUT2D eigenvalue weighted by atomic mass is 19.3. The van der Waals surface area contributed by atoms with Crippen molar-refractivity contribution in [1.82, 2.24) is 5.32 Å². The second-order valence-electron chi connectivity index (χ2n) is 10.8. The summed E-state index contributed by atoms with van der Waals surface area (Å²) in [5, 5.41) is 2.79. The Kier molecular flexibility index (Phi) is 4.08. The number of halogens is 2. The Morgan fingerprint density at radius 2 is 1.89 bits per heavy atom. The van der Waals surface area contributed by atoms with E-state index in [9.17, 15) is 13.6 Å². The second-order valence-corrected chi connectivity index (χ2v) is 10.8. The third kappa shape index (κ3) is 2.86. The van der Waals surface area contributed by atoms with Crippen LogP contribution in [0.4, 0.5) is 8.78 Å². The van der Waals surface area contributed by atoms with E-state index < -0.39 is 11.8 Å². The summed E-state index contributed by atoms with van der Waals surface area (Å²) in [4.78, 5) is 13.6. The van der Waals surface area contributed by atoms with Crippen molar-refractivity contribution < 1.29 is 13.6 Å². The summed E-state index contributed by atoms with van der Waals surface area (Å²) in [5.41, 5.74) is 1.20. The highest BCUT2D eigenvalue weighted by molar-refractivity contribution is 5.86. The van der Waals surface area contributed by atoms with Crippen molar-refractivity contribution in [2.24, 2.45) is 22.7 Å². The van der Waals surface area contributed by atoms with Crippen LogP contribution in [0.5, 0.6) is 0 Å². The summed E-state index contributed by atoms with van der Waals surface area (Å²) in [7, 11) is 0. The largest absolute Gasteiger partial charge is 0.311 e. The van der Waals surface area contributed by atoms with Gasteiger partial charge >= 0.3 is 0 Å². The molecule has 0 aromatic heterocycles. The van der Waals surface area contributed by atoms with E-state index in [1.807, 2.05) is 6.07 Å². The third-order valence-corrected chi connectivity index (χ3v) is 8.38. The van der Waals surface area contributed by atoms with Crippen LogP contribution >= 0.6 is 0 Å². The molecule has 5 fully saturated rings. The molecule has 28 heavy (non-hydrogen) atoms. The molecule has 1 N–H and O–H groups in total. The second kappa shape index (κ2) is 6.10. The maximum Gasteiger partial charge on any atom is 0.263 e. The molecular weight excluding hydrogens is 356 g/mol. The predicted octanol–water partition coefficient (Wildman–Crippen LogP) is 5.12. The SMILES string of the molecule is C[C@]12CC3CC(C(=O)CC4CCNCC4(F)F)(C1)C[C@@](c1ccccc1)(C3)C2. The Hall–Kier alpha value is -1.29. The van der Waals surface area contributed by atoms with Crippen LogP contribution in [-0.4, -0.2) is 24.8 Å². The zero-order valence-electron chi connectivity index (χ0n) is 16.8. The number of piperidine rings is 1. The molecule has 6 rings (SSSR count). The minimum Gasteiger partial charge on any atom is -0.311 e. The van der Waals surface area contributed by atoms with E-state index in [4.69, 9.17) is 0 Å². The Balaban J connectivity index is 1.47. The molecule has 5 aliphatic rings. The van der Waals surface area contributed by atoms with Gasteiger partial charge in [0, 0.05) is 17.8 Å². The van der Waals surface area contributed by atoms with Gasteiger partial charge in [0.15, 0.2) is 0 Å². The van der Waals surface area contributed by atoms with Gasteiger partial charge in [-0.2, -0.15) is 0 Å². The fourth-order valence-electron chi connectivity index (χ4n) is 7.92. The lowest BCUT2D eigenvalue weighted by Gasteiger charge is -2.66. The first-order valence-corrected chi connectivity index (χ1v) is 10.9. The van der Waals surface area contributed by atoms with Crippen molar-refractivity contribution in [3.8, 4) is 0 Å². The molecule has 4 aliphatic carbocycles. The summed E-state index contributed by atoms with van der Waals surface area (Å²) in [6.07, 6.45) is 6.64. The molecule has 4 heteroatoms. The van der Waals surface area contributed by atoms with E-state index in [0.717, 1.165) is 32.1 Å². The van der Waals surface area contributed by atoms with Gasteiger partial charge in [-0.25, -0.2) is 8.78 Å².